The average Bonchev–Trinajstić information content (AvgIpc) is 2.66. The molecule has 2 N–H and O–H groups in total. The maximum Gasteiger partial charge on any atom is 0.196 e. The second-order valence-corrected chi connectivity index (χ2v) is 5.77. The molecule has 1 fully saturated rings. The van der Waals surface area contributed by atoms with Gasteiger partial charge >= 0.3 is 0 Å². The molecule has 18 heavy (non-hydrogen) atoms. The van der Waals surface area contributed by atoms with Gasteiger partial charge in [0.05, 0.1) is 0 Å². The fourth-order valence-electron chi connectivity index (χ4n) is 2.95. The van der Waals surface area contributed by atoms with E-state index in [9.17, 15) is 0 Å². The molecule has 1 aliphatic rings. The predicted octanol–water partition coefficient (Wildman–Crippen LogP) is 3.12. The van der Waals surface area contributed by atoms with Gasteiger partial charge in [-0.3, -0.25) is 0 Å². The SMILES string of the molecule is Cc1cc(C)c2oc(CC3(CN)CCC3)nc2c1. The third-order valence-corrected chi connectivity index (χ3v) is 4.24. The van der Waals surface area contributed by atoms with Gasteiger partial charge in [-0.25, -0.2) is 4.98 Å². The van der Waals surface area contributed by atoms with Crippen LogP contribution >= 0.6 is 0 Å². The van der Waals surface area contributed by atoms with Crippen LogP contribution in [0.15, 0.2) is 16.5 Å². The molecule has 1 saturated carbocycles. The smallest absolute Gasteiger partial charge is 0.196 e. The van der Waals surface area contributed by atoms with Crippen molar-refractivity contribution in [3.8, 4) is 0 Å². The van der Waals surface area contributed by atoms with Gasteiger partial charge in [-0.1, -0.05) is 12.5 Å². The maximum atomic E-state index is 5.92. The van der Waals surface area contributed by atoms with Gasteiger partial charge in [-0.05, 0) is 55.8 Å². The van der Waals surface area contributed by atoms with E-state index in [0.29, 0.717) is 0 Å². The molecule has 0 amide bonds. The van der Waals surface area contributed by atoms with Crippen LogP contribution in [0.25, 0.3) is 11.1 Å². The first-order valence-corrected chi connectivity index (χ1v) is 6.69. The van der Waals surface area contributed by atoms with Gasteiger partial charge in [-0.2, -0.15) is 0 Å². The van der Waals surface area contributed by atoms with E-state index >= 15 is 0 Å². The standard InChI is InChI=1S/C15H20N2O/c1-10-6-11(2)14-12(7-10)17-13(18-14)8-15(9-16)4-3-5-15/h6-7H,3-5,8-9,16H2,1-2H3. The quantitative estimate of drug-likeness (QED) is 0.902. The van der Waals surface area contributed by atoms with E-state index in [1.54, 1.807) is 0 Å². The Bertz CT molecular complexity index is 576. The summed E-state index contributed by atoms with van der Waals surface area (Å²) >= 11 is 0. The number of hydrogen-bond donors (Lipinski definition) is 1. The van der Waals surface area contributed by atoms with Crippen LogP contribution in [0.1, 0.15) is 36.3 Å². The fourth-order valence-corrected chi connectivity index (χ4v) is 2.95. The molecule has 1 aliphatic carbocycles. The van der Waals surface area contributed by atoms with E-state index in [1.807, 2.05) is 0 Å². The van der Waals surface area contributed by atoms with Crippen LogP contribution in [0, 0.1) is 19.3 Å². The van der Waals surface area contributed by atoms with Gasteiger partial charge < -0.3 is 10.2 Å². The molecule has 1 aromatic heterocycles. The number of fused-ring (bicyclic) bond motifs is 1. The zero-order valence-electron chi connectivity index (χ0n) is 11.1. The number of benzene rings is 1. The highest BCUT2D eigenvalue weighted by atomic mass is 16.3. The van der Waals surface area contributed by atoms with Gasteiger partial charge in [0.25, 0.3) is 0 Å². The van der Waals surface area contributed by atoms with Crippen LogP contribution in [0.3, 0.4) is 0 Å². The van der Waals surface area contributed by atoms with Crippen LogP contribution in [0.4, 0.5) is 0 Å². The van der Waals surface area contributed by atoms with Crippen molar-refractivity contribution >= 4 is 11.1 Å². The van der Waals surface area contributed by atoms with Crippen molar-refractivity contribution in [2.75, 3.05) is 6.54 Å². The van der Waals surface area contributed by atoms with Gasteiger partial charge in [0, 0.05) is 6.42 Å². The van der Waals surface area contributed by atoms with Gasteiger partial charge in [-0.15, -0.1) is 0 Å². The zero-order valence-corrected chi connectivity index (χ0v) is 11.1. The Balaban J connectivity index is 1.96. The number of aryl methyl sites for hydroxylation is 2. The van der Waals surface area contributed by atoms with Crippen LogP contribution in [0.5, 0.6) is 0 Å². The van der Waals surface area contributed by atoms with Crippen molar-refractivity contribution in [2.24, 2.45) is 11.1 Å². The molecule has 3 heteroatoms. The van der Waals surface area contributed by atoms with Gasteiger partial charge in [0.1, 0.15) is 5.52 Å². The summed E-state index contributed by atoms with van der Waals surface area (Å²) in [6.07, 6.45) is 4.59. The Labute approximate surface area is 107 Å². The molecule has 3 nitrogen and oxygen atoms in total. The molecule has 0 radical (unpaired) electrons. The molecule has 0 spiro atoms. The molecule has 0 unspecified atom stereocenters. The minimum atomic E-state index is 0.254. The summed E-state index contributed by atoms with van der Waals surface area (Å²) in [5.74, 6) is 0.851. The highest BCUT2D eigenvalue weighted by molar-refractivity contribution is 5.77. The Morgan fingerprint density at radius 3 is 2.72 bits per heavy atom. The first-order chi connectivity index (χ1) is 8.62. The summed E-state index contributed by atoms with van der Waals surface area (Å²) in [6, 6.07) is 4.23. The second-order valence-electron chi connectivity index (χ2n) is 5.77. The summed E-state index contributed by atoms with van der Waals surface area (Å²) in [6.45, 7) is 4.91. The maximum absolute atomic E-state index is 5.92. The number of nitrogens with zero attached hydrogens (tertiary/aromatic N) is 1. The third kappa shape index (κ3) is 1.83. The zero-order chi connectivity index (χ0) is 12.8. The normalized spacial score (nSPS) is 17.9. The van der Waals surface area contributed by atoms with E-state index < -0.39 is 0 Å². The first kappa shape index (κ1) is 11.7. The van der Waals surface area contributed by atoms with Crippen LogP contribution < -0.4 is 5.73 Å². The third-order valence-electron chi connectivity index (χ3n) is 4.24. The minimum absolute atomic E-state index is 0.254. The monoisotopic (exact) mass is 244 g/mol. The Morgan fingerprint density at radius 2 is 2.11 bits per heavy atom. The summed E-state index contributed by atoms with van der Waals surface area (Å²) in [5.41, 5.74) is 10.5. The van der Waals surface area contributed by atoms with Crippen molar-refractivity contribution in [3.05, 3.63) is 29.2 Å². The Kier molecular flexibility index (Phi) is 2.67. The molecular weight excluding hydrogens is 224 g/mol. The van der Waals surface area contributed by atoms with E-state index in [1.165, 1.54) is 30.4 Å². The minimum Gasteiger partial charge on any atom is -0.440 e. The first-order valence-electron chi connectivity index (χ1n) is 6.69. The Morgan fingerprint density at radius 1 is 1.33 bits per heavy atom. The second kappa shape index (κ2) is 4.09. The van der Waals surface area contributed by atoms with Crippen molar-refractivity contribution < 1.29 is 4.42 Å². The molecule has 1 heterocycles. The lowest BCUT2D eigenvalue weighted by Crippen LogP contribution is -2.39. The molecule has 0 atom stereocenters. The number of aromatic nitrogens is 1. The number of rotatable bonds is 3. The van der Waals surface area contributed by atoms with Gasteiger partial charge in [0.15, 0.2) is 11.5 Å². The van der Waals surface area contributed by atoms with Crippen molar-refractivity contribution in [2.45, 2.75) is 39.5 Å². The lowest BCUT2D eigenvalue weighted by molar-refractivity contribution is 0.134. The predicted molar refractivity (Wildman–Crippen MR) is 72.5 cm³/mol. The molecule has 2 aromatic rings. The van der Waals surface area contributed by atoms with Crippen molar-refractivity contribution in [3.63, 3.8) is 0 Å². The highest BCUT2D eigenvalue weighted by Gasteiger charge is 2.37. The molecule has 96 valence electrons. The van der Waals surface area contributed by atoms with Crippen LogP contribution in [0.2, 0.25) is 0 Å². The lowest BCUT2D eigenvalue weighted by Gasteiger charge is -2.39. The highest BCUT2D eigenvalue weighted by Crippen LogP contribution is 2.42. The topological polar surface area (TPSA) is 52.0 Å². The Hall–Kier alpha value is -1.35. The largest absolute Gasteiger partial charge is 0.440 e. The molecule has 0 bridgehead atoms. The molecule has 1 aromatic carbocycles. The molecule has 0 aliphatic heterocycles. The summed E-state index contributed by atoms with van der Waals surface area (Å²) in [7, 11) is 0. The lowest BCUT2D eigenvalue weighted by atomic mass is 9.67. The van der Waals surface area contributed by atoms with Crippen molar-refractivity contribution in [1.29, 1.82) is 0 Å². The number of nitrogens with two attached hydrogens (primary N) is 1. The number of oxazole rings is 1. The van der Waals surface area contributed by atoms with E-state index in [0.717, 1.165) is 30.0 Å². The van der Waals surface area contributed by atoms with E-state index in [-0.39, 0.29) is 5.41 Å². The van der Waals surface area contributed by atoms with E-state index in [4.69, 9.17) is 10.2 Å². The molecule has 3 rings (SSSR count). The summed E-state index contributed by atoms with van der Waals surface area (Å²) in [4.78, 5) is 4.63. The molecule has 0 saturated heterocycles. The van der Waals surface area contributed by atoms with E-state index in [2.05, 4.69) is 31.0 Å². The van der Waals surface area contributed by atoms with Gasteiger partial charge in [0.2, 0.25) is 0 Å². The summed E-state index contributed by atoms with van der Waals surface area (Å²) in [5, 5.41) is 0. The average molecular weight is 244 g/mol. The summed E-state index contributed by atoms with van der Waals surface area (Å²) < 4.78 is 5.92. The van der Waals surface area contributed by atoms with Crippen molar-refractivity contribution in [1.82, 2.24) is 4.98 Å². The fraction of sp³-hybridized carbons (Fsp3) is 0.533. The molecular formula is C15H20N2O. The number of hydrogen-bond acceptors (Lipinski definition) is 3. The van der Waals surface area contributed by atoms with Crippen LogP contribution in [-0.4, -0.2) is 11.5 Å². The van der Waals surface area contributed by atoms with Crippen LogP contribution in [-0.2, 0) is 6.42 Å².